The zero-order chi connectivity index (χ0) is 14.3. The number of imide groups is 1. The van der Waals surface area contributed by atoms with Crippen molar-refractivity contribution >= 4 is 29.1 Å². The van der Waals surface area contributed by atoms with Gasteiger partial charge in [-0.1, -0.05) is 17.7 Å². The maximum absolute atomic E-state index is 12.5. The highest BCUT2D eigenvalue weighted by Crippen LogP contribution is 2.35. The molecule has 1 aromatic carbocycles. The van der Waals surface area contributed by atoms with Gasteiger partial charge in [0.15, 0.2) is 0 Å². The van der Waals surface area contributed by atoms with Crippen LogP contribution in [0.15, 0.2) is 18.2 Å². The van der Waals surface area contributed by atoms with E-state index >= 15 is 0 Å². The first-order valence-corrected chi connectivity index (χ1v) is 7.21. The van der Waals surface area contributed by atoms with E-state index in [2.05, 4.69) is 0 Å². The maximum atomic E-state index is 12.5. The van der Waals surface area contributed by atoms with E-state index < -0.39 is 0 Å². The van der Waals surface area contributed by atoms with Crippen molar-refractivity contribution < 1.29 is 14.3 Å². The molecule has 2 fully saturated rings. The summed E-state index contributed by atoms with van der Waals surface area (Å²) >= 11 is 6.08. The molecule has 4 nitrogen and oxygen atoms in total. The minimum Gasteiger partial charge on any atom is -0.377 e. The van der Waals surface area contributed by atoms with Gasteiger partial charge in [0.2, 0.25) is 11.8 Å². The van der Waals surface area contributed by atoms with E-state index in [1.165, 1.54) is 4.90 Å². The van der Waals surface area contributed by atoms with E-state index in [1.807, 2.05) is 6.92 Å². The number of amides is 2. The monoisotopic (exact) mass is 293 g/mol. The van der Waals surface area contributed by atoms with Crippen LogP contribution in [0, 0.1) is 12.8 Å². The highest BCUT2D eigenvalue weighted by molar-refractivity contribution is 6.32. The fraction of sp³-hybridized carbons (Fsp3) is 0.467. The van der Waals surface area contributed by atoms with Gasteiger partial charge in [0.1, 0.15) is 0 Å². The average Bonchev–Trinajstić information content (AvgIpc) is 3.02. The van der Waals surface area contributed by atoms with Gasteiger partial charge >= 0.3 is 0 Å². The van der Waals surface area contributed by atoms with E-state index in [0.717, 1.165) is 18.4 Å². The lowest BCUT2D eigenvalue weighted by molar-refractivity contribution is -0.124. The molecule has 0 spiro atoms. The van der Waals surface area contributed by atoms with Crippen LogP contribution >= 0.6 is 11.6 Å². The van der Waals surface area contributed by atoms with Crippen molar-refractivity contribution in [2.45, 2.75) is 32.3 Å². The minimum atomic E-state index is -0.344. The third kappa shape index (κ3) is 2.13. The van der Waals surface area contributed by atoms with Crippen LogP contribution in [-0.2, 0) is 14.3 Å². The fourth-order valence-corrected chi connectivity index (χ4v) is 3.13. The molecule has 3 rings (SSSR count). The van der Waals surface area contributed by atoms with E-state index in [0.29, 0.717) is 17.3 Å². The van der Waals surface area contributed by atoms with E-state index in [1.54, 1.807) is 18.2 Å². The van der Waals surface area contributed by atoms with Crippen molar-refractivity contribution in [1.29, 1.82) is 0 Å². The number of nitrogens with zero attached hydrogens (tertiary/aromatic N) is 1. The molecule has 2 saturated heterocycles. The zero-order valence-corrected chi connectivity index (χ0v) is 12.0. The Morgan fingerprint density at radius 1 is 1.35 bits per heavy atom. The van der Waals surface area contributed by atoms with Gasteiger partial charge < -0.3 is 4.74 Å². The predicted octanol–water partition coefficient (Wildman–Crippen LogP) is 2.71. The number of halogens is 1. The predicted molar refractivity (Wildman–Crippen MR) is 75.8 cm³/mol. The number of benzene rings is 1. The third-order valence-corrected chi connectivity index (χ3v) is 4.48. The molecule has 2 heterocycles. The fourth-order valence-electron chi connectivity index (χ4n) is 2.96. The molecule has 0 saturated carbocycles. The summed E-state index contributed by atoms with van der Waals surface area (Å²) in [4.78, 5) is 26.0. The van der Waals surface area contributed by atoms with Crippen molar-refractivity contribution in [3.05, 3.63) is 28.8 Å². The third-order valence-electron chi connectivity index (χ3n) is 4.08. The van der Waals surface area contributed by atoms with Crippen LogP contribution in [-0.4, -0.2) is 24.5 Å². The van der Waals surface area contributed by atoms with Gasteiger partial charge in [-0.15, -0.1) is 0 Å². The molecule has 0 N–H and O–H groups in total. The van der Waals surface area contributed by atoms with E-state index in [-0.39, 0.29) is 30.3 Å². The van der Waals surface area contributed by atoms with Crippen LogP contribution < -0.4 is 4.90 Å². The first-order chi connectivity index (χ1) is 9.59. The molecule has 0 aromatic heterocycles. The Hall–Kier alpha value is -1.39. The van der Waals surface area contributed by atoms with E-state index in [4.69, 9.17) is 16.3 Å². The number of ether oxygens (including phenoxy) is 1. The molecule has 5 heteroatoms. The van der Waals surface area contributed by atoms with E-state index in [9.17, 15) is 9.59 Å². The summed E-state index contributed by atoms with van der Waals surface area (Å²) in [7, 11) is 0. The lowest BCUT2D eigenvalue weighted by Gasteiger charge is -2.19. The molecule has 2 amide bonds. The average molecular weight is 294 g/mol. The Morgan fingerprint density at radius 2 is 2.15 bits per heavy atom. The number of rotatable bonds is 2. The summed E-state index contributed by atoms with van der Waals surface area (Å²) in [6, 6.07) is 5.27. The molecule has 0 bridgehead atoms. The SMILES string of the molecule is Cc1c(Cl)cccc1N1C(=O)C[C@H]([C@@H]2CCCO2)C1=O. The normalized spacial score (nSPS) is 26.6. The first-order valence-electron chi connectivity index (χ1n) is 6.83. The van der Waals surface area contributed by atoms with Gasteiger partial charge in [0, 0.05) is 18.1 Å². The van der Waals surface area contributed by atoms with Crippen molar-refractivity contribution in [2.24, 2.45) is 5.92 Å². The van der Waals surface area contributed by atoms with Gasteiger partial charge in [0.05, 0.1) is 17.7 Å². The summed E-state index contributed by atoms with van der Waals surface area (Å²) in [6.45, 7) is 2.50. The molecule has 1 aromatic rings. The van der Waals surface area contributed by atoms with Crippen molar-refractivity contribution in [2.75, 3.05) is 11.5 Å². The Morgan fingerprint density at radius 3 is 2.85 bits per heavy atom. The zero-order valence-electron chi connectivity index (χ0n) is 11.3. The number of carbonyl (C=O) groups excluding carboxylic acids is 2. The summed E-state index contributed by atoms with van der Waals surface area (Å²) in [5.74, 6) is -0.670. The Balaban J connectivity index is 1.92. The molecule has 2 aliphatic rings. The Kier molecular flexibility index (Phi) is 3.52. The molecule has 2 aliphatic heterocycles. The van der Waals surface area contributed by atoms with Gasteiger partial charge in [-0.05, 0) is 37.5 Å². The second kappa shape index (κ2) is 5.19. The van der Waals surface area contributed by atoms with Crippen molar-refractivity contribution in [1.82, 2.24) is 0 Å². The molecule has 0 aliphatic carbocycles. The number of carbonyl (C=O) groups is 2. The maximum Gasteiger partial charge on any atom is 0.240 e. The molecular weight excluding hydrogens is 278 g/mol. The van der Waals surface area contributed by atoms with Gasteiger partial charge in [-0.3, -0.25) is 9.59 Å². The molecule has 20 heavy (non-hydrogen) atoms. The first kappa shape index (κ1) is 13.6. The van der Waals surface area contributed by atoms with Crippen LogP contribution in [0.1, 0.15) is 24.8 Å². The van der Waals surface area contributed by atoms with Gasteiger partial charge in [0.25, 0.3) is 0 Å². The van der Waals surface area contributed by atoms with Crippen LogP contribution in [0.4, 0.5) is 5.69 Å². The lowest BCUT2D eigenvalue weighted by Crippen LogP contribution is -2.34. The molecule has 0 unspecified atom stereocenters. The summed E-state index contributed by atoms with van der Waals surface area (Å²) in [5.41, 5.74) is 1.34. The van der Waals surface area contributed by atoms with Crippen LogP contribution in [0.2, 0.25) is 5.02 Å². The number of hydrogen-bond donors (Lipinski definition) is 0. The Labute approximate surface area is 122 Å². The molecule has 106 valence electrons. The summed E-state index contributed by atoms with van der Waals surface area (Å²) in [6.07, 6.45) is 1.93. The highest BCUT2D eigenvalue weighted by Gasteiger charge is 2.45. The molecular formula is C15H16ClNO3. The minimum absolute atomic E-state index is 0.115. The summed E-state index contributed by atoms with van der Waals surface area (Å²) < 4.78 is 5.57. The van der Waals surface area contributed by atoms with Crippen LogP contribution in [0.5, 0.6) is 0 Å². The quantitative estimate of drug-likeness (QED) is 0.788. The standard InChI is InChI=1S/C15H16ClNO3/c1-9-11(16)4-2-5-12(9)17-14(18)8-10(15(17)19)13-6-3-7-20-13/h2,4-5,10,13H,3,6-8H2,1H3/t10-,13+/m1/s1. The van der Waals surface area contributed by atoms with Crippen molar-refractivity contribution in [3.63, 3.8) is 0 Å². The lowest BCUT2D eigenvalue weighted by atomic mass is 9.98. The topological polar surface area (TPSA) is 46.6 Å². The molecule has 2 atom stereocenters. The van der Waals surface area contributed by atoms with Gasteiger partial charge in [-0.25, -0.2) is 4.90 Å². The second-order valence-electron chi connectivity index (χ2n) is 5.31. The Bertz CT molecular complexity index is 566. The van der Waals surface area contributed by atoms with Gasteiger partial charge in [-0.2, -0.15) is 0 Å². The largest absolute Gasteiger partial charge is 0.377 e. The number of hydrogen-bond acceptors (Lipinski definition) is 3. The second-order valence-corrected chi connectivity index (χ2v) is 5.72. The molecule has 0 radical (unpaired) electrons. The summed E-state index contributed by atoms with van der Waals surface area (Å²) in [5, 5.41) is 0.559. The highest BCUT2D eigenvalue weighted by atomic mass is 35.5. The van der Waals surface area contributed by atoms with Crippen LogP contribution in [0.3, 0.4) is 0 Å². The number of anilines is 1. The van der Waals surface area contributed by atoms with Crippen molar-refractivity contribution in [3.8, 4) is 0 Å². The smallest absolute Gasteiger partial charge is 0.240 e. The van der Waals surface area contributed by atoms with Crippen LogP contribution in [0.25, 0.3) is 0 Å².